The van der Waals surface area contributed by atoms with Crippen molar-refractivity contribution in [1.82, 2.24) is 25.0 Å². The van der Waals surface area contributed by atoms with Crippen LogP contribution in [0.1, 0.15) is 29.3 Å². The Kier molecular flexibility index (Phi) is 6.44. The Hall–Kier alpha value is -2.85. The number of pyridine rings is 1. The molecule has 0 radical (unpaired) electrons. The lowest BCUT2D eigenvalue weighted by Gasteiger charge is -2.22. The molecule has 1 fully saturated rings. The van der Waals surface area contributed by atoms with E-state index in [-0.39, 0.29) is 12.5 Å². The average molecular weight is 366 g/mol. The fourth-order valence-corrected chi connectivity index (χ4v) is 3.22. The molecule has 2 aromatic rings. The number of carbonyl (C=O) groups is 1. The molecule has 1 N–H and O–H groups in total. The second kappa shape index (κ2) is 9.19. The minimum Gasteiger partial charge on any atom is -0.355 e. The molecule has 1 amide bonds. The topological polar surface area (TPSA) is 66.3 Å². The van der Waals surface area contributed by atoms with Gasteiger partial charge in [0.25, 0.3) is 5.91 Å². The number of terminal acetylenes is 1. The van der Waals surface area contributed by atoms with Crippen LogP contribution in [0.15, 0.2) is 30.7 Å². The van der Waals surface area contributed by atoms with E-state index in [0.29, 0.717) is 5.56 Å². The summed E-state index contributed by atoms with van der Waals surface area (Å²) in [4.78, 5) is 21.1. The summed E-state index contributed by atoms with van der Waals surface area (Å²) in [5.41, 5.74) is 1.78. The zero-order valence-electron chi connectivity index (χ0n) is 15.8. The number of carbonyl (C=O) groups excluding carboxylic acids is 1. The molecule has 1 aliphatic heterocycles. The molecule has 1 aliphatic rings. The highest BCUT2D eigenvalue weighted by Crippen LogP contribution is 2.15. The first-order valence-corrected chi connectivity index (χ1v) is 9.36. The van der Waals surface area contributed by atoms with Crippen LogP contribution >= 0.6 is 0 Å². The summed E-state index contributed by atoms with van der Waals surface area (Å²) in [6.45, 7) is 8.05. The fraction of sp³-hybridized carbons (Fsp3) is 0.450. The average Bonchev–Trinajstić information content (AvgIpc) is 3.03. The molecule has 0 bridgehead atoms. The molecule has 142 valence electrons. The Morgan fingerprint density at radius 1 is 1.26 bits per heavy atom. The predicted molar refractivity (Wildman–Crippen MR) is 105 cm³/mol. The molecule has 1 saturated heterocycles. The highest BCUT2D eigenvalue weighted by molar-refractivity contribution is 5.94. The first-order chi connectivity index (χ1) is 13.2. The van der Waals surface area contributed by atoms with E-state index in [0.717, 1.165) is 51.5 Å². The molecule has 7 nitrogen and oxygen atoms in total. The smallest absolute Gasteiger partial charge is 0.253 e. The van der Waals surface area contributed by atoms with Crippen LogP contribution in [0.3, 0.4) is 0 Å². The van der Waals surface area contributed by atoms with Crippen LogP contribution in [-0.4, -0.2) is 58.3 Å². The lowest BCUT2D eigenvalue weighted by Crippen LogP contribution is -2.31. The van der Waals surface area contributed by atoms with E-state index >= 15 is 0 Å². The molecular weight excluding hydrogens is 340 g/mol. The summed E-state index contributed by atoms with van der Waals surface area (Å²) < 4.78 is 1.96. The van der Waals surface area contributed by atoms with Crippen LogP contribution in [0, 0.1) is 12.3 Å². The van der Waals surface area contributed by atoms with Gasteiger partial charge in [-0.15, -0.1) is 6.42 Å². The third kappa shape index (κ3) is 5.08. The highest BCUT2D eigenvalue weighted by atomic mass is 16.1. The zero-order chi connectivity index (χ0) is 19.1. The molecule has 3 rings (SSSR count). The fourth-order valence-electron chi connectivity index (χ4n) is 3.22. The van der Waals surface area contributed by atoms with Gasteiger partial charge in [0.15, 0.2) is 0 Å². The van der Waals surface area contributed by atoms with Crippen molar-refractivity contribution in [1.29, 1.82) is 0 Å². The van der Waals surface area contributed by atoms with Gasteiger partial charge in [-0.1, -0.05) is 5.92 Å². The maximum absolute atomic E-state index is 11.9. The summed E-state index contributed by atoms with van der Waals surface area (Å²) in [5.74, 6) is 3.11. The van der Waals surface area contributed by atoms with Crippen LogP contribution in [-0.2, 0) is 13.1 Å². The minimum absolute atomic E-state index is 0.193. The van der Waals surface area contributed by atoms with E-state index in [1.165, 1.54) is 5.56 Å². The van der Waals surface area contributed by atoms with E-state index in [2.05, 4.69) is 44.2 Å². The lowest BCUT2D eigenvalue weighted by molar-refractivity contribution is 0.0958. The van der Waals surface area contributed by atoms with Crippen LogP contribution in [0.5, 0.6) is 0 Å². The third-order valence-corrected chi connectivity index (χ3v) is 4.69. The standard InChI is InChI=1S/C20H26N6O/c1-3-8-21-20(27)18-6-7-19(22-14-18)25-10-5-9-24(11-12-25)15-17-13-23-26(4-2)16-17/h1,6-7,13-14,16H,4-5,8-12,15H2,2H3,(H,21,27). The number of nitrogens with one attached hydrogen (secondary N) is 1. The summed E-state index contributed by atoms with van der Waals surface area (Å²) in [5, 5.41) is 7.00. The maximum Gasteiger partial charge on any atom is 0.253 e. The minimum atomic E-state index is -0.193. The summed E-state index contributed by atoms with van der Waals surface area (Å²) in [6, 6.07) is 3.71. The van der Waals surface area contributed by atoms with Gasteiger partial charge in [0, 0.05) is 57.2 Å². The maximum atomic E-state index is 11.9. The number of anilines is 1. The van der Waals surface area contributed by atoms with E-state index in [1.807, 2.05) is 16.9 Å². The van der Waals surface area contributed by atoms with Gasteiger partial charge in [-0.05, 0) is 25.5 Å². The van der Waals surface area contributed by atoms with Crippen LogP contribution in [0.2, 0.25) is 0 Å². The largest absolute Gasteiger partial charge is 0.355 e. The number of nitrogens with zero attached hydrogens (tertiary/aromatic N) is 5. The van der Waals surface area contributed by atoms with Crippen molar-refractivity contribution in [3.05, 3.63) is 41.9 Å². The number of hydrogen-bond acceptors (Lipinski definition) is 5. The van der Waals surface area contributed by atoms with Crippen LogP contribution in [0.25, 0.3) is 0 Å². The Morgan fingerprint density at radius 2 is 2.15 bits per heavy atom. The zero-order valence-corrected chi connectivity index (χ0v) is 15.8. The summed E-state index contributed by atoms with van der Waals surface area (Å²) >= 11 is 0. The van der Waals surface area contributed by atoms with Crippen molar-refractivity contribution in [2.75, 3.05) is 37.6 Å². The molecule has 0 aromatic carbocycles. The van der Waals surface area contributed by atoms with Crippen molar-refractivity contribution >= 4 is 11.7 Å². The quantitative estimate of drug-likeness (QED) is 0.783. The molecule has 0 unspecified atom stereocenters. The van der Waals surface area contributed by atoms with Gasteiger partial charge in [0.1, 0.15) is 5.82 Å². The number of hydrogen-bond donors (Lipinski definition) is 1. The second-order valence-electron chi connectivity index (χ2n) is 6.61. The molecule has 0 aliphatic carbocycles. The summed E-state index contributed by atoms with van der Waals surface area (Å²) in [6.07, 6.45) is 11.9. The van der Waals surface area contributed by atoms with E-state index < -0.39 is 0 Å². The molecule has 0 atom stereocenters. The molecule has 2 aromatic heterocycles. The van der Waals surface area contributed by atoms with Gasteiger partial charge in [0.05, 0.1) is 18.3 Å². The van der Waals surface area contributed by atoms with Crippen LogP contribution < -0.4 is 10.2 Å². The van der Waals surface area contributed by atoms with Crippen molar-refractivity contribution in [3.8, 4) is 12.3 Å². The lowest BCUT2D eigenvalue weighted by atomic mass is 10.2. The van der Waals surface area contributed by atoms with E-state index in [1.54, 1.807) is 12.3 Å². The van der Waals surface area contributed by atoms with E-state index in [4.69, 9.17) is 6.42 Å². The predicted octanol–water partition coefficient (Wildman–Crippen LogP) is 1.37. The van der Waals surface area contributed by atoms with Crippen molar-refractivity contribution < 1.29 is 4.79 Å². The van der Waals surface area contributed by atoms with Gasteiger partial charge in [-0.2, -0.15) is 5.10 Å². The normalized spacial score (nSPS) is 15.2. The van der Waals surface area contributed by atoms with Crippen molar-refractivity contribution in [2.45, 2.75) is 26.4 Å². The van der Waals surface area contributed by atoms with Gasteiger partial charge in [0.2, 0.25) is 0 Å². The molecule has 0 spiro atoms. The second-order valence-corrected chi connectivity index (χ2v) is 6.61. The third-order valence-electron chi connectivity index (χ3n) is 4.69. The first kappa shape index (κ1) is 18.9. The van der Waals surface area contributed by atoms with E-state index in [9.17, 15) is 4.79 Å². The monoisotopic (exact) mass is 366 g/mol. The van der Waals surface area contributed by atoms with Gasteiger partial charge >= 0.3 is 0 Å². The van der Waals surface area contributed by atoms with Crippen LogP contribution in [0.4, 0.5) is 5.82 Å². The van der Waals surface area contributed by atoms with Crippen molar-refractivity contribution in [2.24, 2.45) is 0 Å². The number of rotatable bonds is 6. The molecule has 7 heteroatoms. The van der Waals surface area contributed by atoms with Crippen molar-refractivity contribution in [3.63, 3.8) is 0 Å². The SMILES string of the molecule is C#CCNC(=O)c1ccc(N2CCCN(Cc3cnn(CC)c3)CC2)nc1. The Balaban J connectivity index is 1.55. The number of amides is 1. The molecule has 27 heavy (non-hydrogen) atoms. The summed E-state index contributed by atoms with van der Waals surface area (Å²) in [7, 11) is 0. The molecule has 0 saturated carbocycles. The molecule has 3 heterocycles. The number of aryl methyl sites for hydroxylation is 1. The van der Waals surface area contributed by atoms with Gasteiger partial charge in [-0.25, -0.2) is 4.98 Å². The number of aromatic nitrogens is 3. The van der Waals surface area contributed by atoms with Gasteiger partial charge < -0.3 is 10.2 Å². The first-order valence-electron chi connectivity index (χ1n) is 9.36. The Labute approximate surface area is 160 Å². The highest BCUT2D eigenvalue weighted by Gasteiger charge is 2.17. The Bertz CT molecular complexity index is 792. The molecular formula is C20H26N6O. The van der Waals surface area contributed by atoms with Gasteiger partial charge in [-0.3, -0.25) is 14.4 Å². The Morgan fingerprint density at radius 3 is 2.85 bits per heavy atom.